The molecule has 1 aromatic rings. The molecule has 0 aliphatic heterocycles. The highest BCUT2D eigenvalue weighted by atomic mass is 32.2. The Morgan fingerprint density at radius 3 is 2.48 bits per heavy atom. The zero-order valence-electron chi connectivity index (χ0n) is 13.8. The molecule has 0 radical (unpaired) electrons. The van der Waals surface area contributed by atoms with Crippen LogP contribution in [0.25, 0.3) is 0 Å². The molecule has 0 spiro atoms. The lowest BCUT2D eigenvalue weighted by atomic mass is 10.2. The Balaban J connectivity index is 2.30. The van der Waals surface area contributed by atoms with Gasteiger partial charge in [-0.05, 0) is 44.9 Å². The number of nitrogens with one attached hydrogen (secondary N) is 2. The highest BCUT2D eigenvalue weighted by molar-refractivity contribution is 7.89. The second-order valence-electron chi connectivity index (χ2n) is 6.09. The Bertz CT molecular complexity index is 665. The summed E-state index contributed by atoms with van der Waals surface area (Å²) < 4.78 is 32.9. The first-order chi connectivity index (χ1) is 10.8. The van der Waals surface area contributed by atoms with Crippen molar-refractivity contribution in [2.75, 3.05) is 7.11 Å². The Kier molecular flexibility index (Phi) is 5.64. The van der Waals surface area contributed by atoms with E-state index < -0.39 is 10.0 Å². The first kappa shape index (κ1) is 17.7. The van der Waals surface area contributed by atoms with Crippen LogP contribution < -0.4 is 14.8 Å². The Labute approximate surface area is 137 Å². The SMILES string of the molecule is COc1ccc(S(=O)(=O)NC2CCCC2)cc1C(=O)NC(C)C. The monoisotopic (exact) mass is 340 g/mol. The third-order valence-electron chi connectivity index (χ3n) is 3.82. The molecule has 1 saturated carbocycles. The molecule has 7 heteroatoms. The van der Waals surface area contributed by atoms with Crippen molar-refractivity contribution < 1.29 is 17.9 Å². The third kappa shape index (κ3) is 4.45. The molecule has 1 aromatic carbocycles. The minimum atomic E-state index is -3.64. The molecule has 2 rings (SSSR count). The largest absolute Gasteiger partial charge is 0.496 e. The summed E-state index contributed by atoms with van der Waals surface area (Å²) in [6.45, 7) is 3.68. The van der Waals surface area contributed by atoms with Crippen LogP contribution in [0.4, 0.5) is 0 Å². The predicted octanol–water partition coefficient (Wildman–Crippen LogP) is 2.05. The second kappa shape index (κ2) is 7.31. The van der Waals surface area contributed by atoms with Gasteiger partial charge in [-0.3, -0.25) is 4.79 Å². The summed E-state index contributed by atoms with van der Waals surface area (Å²) in [4.78, 5) is 12.3. The molecule has 0 aromatic heterocycles. The molecule has 0 bridgehead atoms. The van der Waals surface area contributed by atoms with E-state index in [4.69, 9.17) is 4.74 Å². The van der Waals surface area contributed by atoms with E-state index >= 15 is 0 Å². The van der Waals surface area contributed by atoms with E-state index in [1.165, 1.54) is 25.3 Å². The van der Waals surface area contributed by atoms with Gasteiger partial charge in [0, 0.05) is 12.1 Å². The van der Waals surface area contributed by atoms with Gasteiger partial charge < -0.3 is 10.1 Å². The van der Waals surface area contributed by atoms with Crippen LogP contribution in [0.15, 0.2) is 23.1 Å². The maximum atomic E-state index is 12.5. The molecule has 1 amide bonds. The van der Waals surface area contributed by atoms with E-state index in [0.717, 1.165) is 25.7 Å². The fraction of sp³-hybridized carbons (Fsp3) is 0.562. The van der Waals surface area contributed by atoms with E-state index in [9.17, 15) is 13.2 Å². The van der Waals surface area contributed by atoms with Gasteiger partial charge in [-0.15, -0.1) is 0 Å². The maximum Gasteiger partial charge on any atom is 0.255 e. The van der Waals surface area contributed by atoms with Gasteiger partial charge in [-0.25, -0.2) is 13.1 Å². The van der Waals surface area contributed by atoms with E-state index in [-0.39, 0.29) is 28.4 Å². The summed E-state index contributed by atoms with van der Waals surface area (Å²) in [7, 11) is -2.19. The van der Waals surface area contributed by atoms with Crippen LogP contribution in [-0.4, -0.2) is 33.5 Å². The lowest BCUT2D eigenvalue weighted by Gasteiger charge is -2.15. The number of carbonyl (C=O) groups is 1. The summed E-state index contributed by atoms with van der Waals surface area (Å²) in [6, 6.07) is 4.27. The third-order valence-corrected chi connectivity index (χ3v) is 5.34. The molecular formula is C16H24N2O4S. The Morgan fingerprint density at radius 2 is 1.91 bits per heavy atom. The lowest BCUT2D eigenvalue weighted by Crippen LogP contribution is -2.33. The zero-order chi connectivity index (χ0) is 17.0. The number of benzene rings is 1. The lowest BCUT2D eigenvalue weighted by molar-refractivity contribution is 0.0940. The minimum absolute atomic E-state index is 0.0185. The molecule has 1 aliphatic carbocycles. The molecule has 23 heavy (non-hydrogen) atoms. The molecular weight excluding hydrogens is 316 g/mol. The summed E-state index contributed by atoms with van der Waals surface area (Å²) in [5.41, 5.74) is 0.218. The summed E-state index contributed by atoms with van der Waals surface area (Å²) in [5.74, 6) is -0.00210. The topological polar surface area (TPSA) is 84.5 Å². The van der Waals surface area contributed by atoms with Crippen LogP contribution in [0.2, 0.25) is 0 Å². The van der Waals surface area contributed by atoms with Gasteiger partial charge in [0.05, 0.1) is 17.6 Å². The standard InChI is InChI=1S/C16H24N2O4S/c1-11(2)17-16(19)14-10-13(8-9-15(14)22-3)23(20,21)18-12-6-4-5-7-12/h8-12,18H,4-7H2,1-3H3,(H,17,19). The molecule has 0 heterocycles. The van der Waals surface area contributed by atoms with Crippen LogP contribution in [0, 0.1) is 0 Å². The van der Waals surface area contributed by atoms with E-state index in [2.05, 4.69) is 10.0 Å². The fourth-order valence-corrected chi connectivity index (χ4v) is 4.03. The van der Waals surface area contributed by atoms with Crippen LogP contribution in [0.5, 0.6) is 5.75 Å². The van der Waals surface area contributed by atoms with Crippen LogP contribution >= 0.6 is 0 Å². The number of rotatable bonds is 6. The number of amides is 1. The van der Waals surface area contributed by atoms with Crippen molar-refractivity contribution in [2.24, 2.45) is 0 Å². The normalized spacial score (nSPS) is 15.8. The van der Waals surface area contributed by atoms with Gasteiger partial charge in [0.1, 0.15) is 5.75 Å². The smallest absolute Gasteiger partial charge is 0.255 e. The van der Waals surface area contributed by atoms with Crippen molar-refractivity contribution in [1.82, 2.24) is 10.0 Å². The fourth-order valence-electron chi connectivity index (χ4n) is 2.70. The van der Waals surface area contributed by atoms with E-state index in [1.54, 1.807) is 0 Å². The molecule has 1 fully saturated rings. The van der Waals surface area contributed by atoms with Crippen molar-refractivity contribution >= 4 is 15.9 Å². The summed E-state index contributed by atoms with van der Waals surface area (Å²) in [6.07, 6.45) is 3.79. The number of carbonyl (C=O) groups excluding carboxylic acids is 1. The quantitative estimate of drug-likeness (QED) is 0.830. The molecule has 6 nitrogen and oxygen atoms in total. The number of sulfonamides is 1. The second-order valence-corrected chi connectivity index (χ2v) is 7.81. The number of ether oxygens (including phenoxy) is 1. The average molecular weight is 340 g/mol. The molecule has 2 N–H and O–H groups in total. The average Bonchev–Trinajstić information content (AvgIpc) is 2.98. The maximum absolute atomic E-state index is 12.5. The molecule has 0 unspecified atom stereocenters. The van der Waals surface area contributed by atoms with Crippen molar-refractivity contribution in [1.29, 1.82) is 0 Å². The van der Waals surface area contributed by atoms with Gasteiger partial charge in [0.2, 0.25) is 10.0 Å². The molecule has 1 aliphatic rings. The van der Waals surface area contributed by atoms with Crippen molar-refractivity contribution in [3.8, 4) is 5.75 Å². The van der Waals surface area contributed by atoms with E-state index in [1.807, 2.05) is 13.8 Å². The van der Waals surface area contributed by atoms with Crippen molar-refractivity contribution in [2.45, 2.75) is 56.5 Å². The van der Waals surface area contributed by atoms with Gasteiger partial charge in [0.15, 0.2) is 0 Å². The number of hydrogen-bond donors (Lipinski definition) is 2. The zero-order valence-corrected chi connectivity index (χ0v) is 14.6. The molecule has 0 saturated heterocycles. The van der Waals surface area contributed by atoms with Crippen LogP contribution in [0.1, 0.15) is 49.9 Å². The molecule has 0 atom stereocenters. The van der Waals surface area contributed by atoms with Crippen LogP contribution in [0.3, 0.4) is 0 Å². The van der Waals surface area contributed by atoms with E-state index in [0.29, 0.717) is 5.75 Å². The van der Waals surface area contributed by atoms with Gasteiger partial charge in [-0.2, -0.15) is 0 Å². The Hall–Kier alpha value is -1.60. The van der Waals surface area contributed by atoms with Gasteiger partial charge in [0.25, 0.3) is 5.91 Å². The highest BCUT2D eigenvalue weighted by Gasteiger charge is 2.25. The van der Waals surface area contributed by atoms with Crippen molar-refractivity contribution in [3.05, 3.63) is 23.8 Å². The first-order valence-electron chi connectivity index (χ1n) is 7.84. The van der Waals surface area contributed by atoms with Gasteiger partial charge >= 0.3 is 0 Å². The Morgan fingerprint density at radius 1 is 1.26 bits per heavy atom. The van der Waals surface area contributed by atoms with Gasteiger partial charge in [-0.1, -0.05) is 12.8 Å². The van der Waals surface area contributed by atoms with Crippen LogP contribution in [-0.2, 0) is 10.0 Å². The summed E-state index contributed by atoms with van der Waals surface area (Å²) in [5, 5.41) is 2.75. The molecule has 128 valence electrons. The number of methoxy groups -OCH3 is 1. The summed E-state index contributed by atoms with van der Waals surface area (Å²) >= 11 is 0. The number of hydrogen-bond acceptors (Lipinski definition) is 4. The predicted molar refractivity (Wildman–Crippen MR) is 88.2 cm³/mol. The highest BCUT2D eigenvalue weighted by Crippen LogP contribution is 2.24. The first-order valence-corrected chi connectivity index (χ1v) is 9.33. The minimum Gasteiger partial charge on any atom is -0.496 e. The van der Waals surface area contributed by atoms with Crippen molar-refractivity contribution in [3.63, 3.8) is 0 Å².